The number of carbonyl (C=O) groups is 3. The number of unbranched alkanes of at least 4 members (excludes halogenated alkanes) is 30. The first-order valence-electron chi connectivity index (χ1n) is 26.0. The number of carbonyl (C=O) groups excluding carboxylic acids is 3. The van der Waals surface area contributed by atoms with Crippen LogP contribution in [0.5, 0.6) is 0 Å². The first-order chi connectivity index (χ1) is 29.5. The topological polar surface area (TPSA) is 78.9 Å². The third-order valence-electron chi connectivity index (χ3n) is 11.4. The zero-order valence-corrected chi connectivity index (χ0v) is 40.0. The fourth-order valence-electron chi connectivity index (χ4n) is 7.41. The molecule has 0 aliphatic carbocycles. The van der Waals surface area contributed by atoms with Crippen molar-refractivity contribution < 1.29 is 28.6 Å². The molecule has 0 spiro atoms. The average Bonchev–Trinajstić information content (AvgIpc) is 3.24. The summed E-state index contributed by atoms with van der Waals surface area (Å²) in [6.07, 6.45) is 56.9. The van der Waals surface area contributed by atoms with Crippen molar-refractivity contribution in [2.75, 3.05) is 13.2 Å². The van der Waals surface area contributed by atoms with Crippen molar-refractivity contribution in [3.63, 3.8) is 0 Å². The van der Waals surface area contributed by atoms with Crippen LogP contribution in [0.25, 0.3) is 0 Å². The van der Waals surface area contributed by atoms with Gasteiger partial charge in [0.25, 0.3) is 0 Å². The van der Waals surface area contributed by atoms with Crippen LogP contribution in [0, 0.1) is 0 Å². The second kappa shape index (κ2) is 49.3. The lowest BCUT2D eigenvalue weighted by Crippen LogP contribution is -2.30. The molecule has 6 nitrogen and oxygen atoms in total. The van der Waals surface area contributed by atoms with Gasteiger partial charge >= 0.3 is 17.9 Å². The van der Waals surface area contributed by atoms with Crippen molar-refractivity contribution >= 4 is 17.9 Å². The monoisotopic (exact) mass is 843 g/mol. The summed E-state index contributed by atoms with van der Waals surface area (Å²) in [5.74, 6) is -0.890. The lowest BCUT2D eigenvalue weighted by Gasteiger charge is -2.18. The Balaban J connectivity index is 4.39. The van der Waals surface area contributed by atoms with Crippen LogP contribution in [0.1, 0.15) is 271 Å². The molecule has 0 saturated carbocycles. The summed E-state index contributed by atoms with van der Waals surface area (Å²) in [4.78, 5) is 37.9. The zero-order chi connectivity index (χ0) is 43.7. The second-order valence-corrected chi connectivity index (χ2v) is 17.4. The minimum absolute atomic E-state index is 0.0771. The van der Waals surface area contributed by atoms with E-state index in [1.165, 1.54) is 148 Å². The van der Waals surface area contributed by atoms with Crippen LogP contribution in [0.3, 0.4) is 0 Å². The van der Waals surface area contributed by atoms with Gasteiger partial charge in [-0.3, -0.25) is 14.4 Å². The standard InChI is InChI=1S/C54H98O6/c1-4-7-10-13-16-19-22-25-27-30-32-35-38-41-44-47-53(56)59-50-51(49-58-52(55)46-43-40-37-34-31-28-24-21-18-15-12-9-6-3)60-54(57)48-45-42-39-36-33-29-26-23-20-17-14-11-8-5-2/h16,19,23,25-27,51H,4-15,17-18,20-22,24,28-50H2,1-3H3/b19-16-,26-23-,27-25-. The predicted octanol–water partition coefficient (Wildman–Crippen LogP) is 16.9. The Bertz CT molecular complexity index is 1020. The van der Waals surface area contributed by atoms with Crippen molar-refractivity contribution in [3.05, 3.63) is 36.5 Å². The molecule has 0 aliphatic rings. The normalized spacial score (nSPS) is 12.2. The lowest BCUT2D eigenvalue weighted by atomic mass is 10.0. The van der Waals surface area contributed by atoms with Crippen LogP contribution in [0.15, 0.2) is 36.5 Å². The molecule has 1 atom stereocenters. The molecular weight excluding hydrogens is 745 g/mol. The van der Waals surface area contributed by atoms with Crippen LogP contribution in [-0.4, -0.2) is 37.2 Å². The van der Waals surface area contributed by atoms with Gasteiger partial charge in [0.05, 0.1) is 0 Å². The third kappa shape index (κ3) is 46.7. The van der Waals surface area contributed by atoms with Gasteiger partial charge in [-0.05, 0) is 77.0 Å². The number of esters is 3. The van der Waals surface area contributed by atoms with Gasteiger partial charge in [0, 0.05) is 19.3 Å². The van der Waals surface area contributed by atoms with E-state index in [9.17, 15) is 14.4 Å². The molecule has 0 aromatic heterocycles. The Morgan fingerprint density at radius 1 is 0.333 bits per heavy atom. The minimum Gasteiger partial charge on any atom is -0.462 e. The molecule has 1 unspecified atom stereocenters. The van der Waals surface area contributed by atoms with E-state index >= 15 is 0 Å². The van der Waals surface area contributed by atoms with Gasteiger partial charge in [-0.2, -0.15) is 0 Å². The van der Waals surface area contributed by atoms with Crippen LogP contribution in [0.2, 0.25) is 0 Å². The zero-order valence-electron chi connectivity index (χ0n) is 40.0. The first kappa shape index (κ1) is 57.6. The molecule has 0 saturated heterocycles. The maximum absolute atomic E-state index is 12.8. The van der Waals surface area contributed by atoms with E-state index in [1.54, 1.807) is 0 Å². The highest BCUT2D eigenvalue weighted by atomic mass is 16.6. The molecule has 0 bridgehead atoms. The van der Waals surface area contributed by atoms with Crippen LogP contribution in [-0.2, 0) is 28.6 Å². The van der Waals surface area contributed by atoms with Gasteiger partial charge in [-0.1, -0.05) is 211 Å². The third-order valence-corrected chi connectivity index (χ3v) is 11.4. The quantitative estimate of drug-likeness (QED) is 0.0263. The van der Waals surface area contributed by atoms with Crippen LogP contribution in [0.4, 0.5) is 0 Å². The smallest absolute Gasteiger partial charge is 0.306 e. The summed E-state index contributed by atoms with van der Waals surface area (Å²) in [5.41, 5.74) is 0. The molecule has 0 aliphatic heterocycles. The number of rotatable bonds is 47. The van der Waals surface area contributed by atoms with Crippen molar-refractivity contribution in [2.45, 2.75) is 277 Å². The van der Waals surface area contributed by atoms with Crippen molar-refractivity contribution in [3.8, 4) is 0 Å². The van der Waals surface area contributed by atoms with Gasteiger partial charge in [0.2, 0.25) is 0 Å². The number of hydrogen-bond donors (Lipinski definition) is 0. The van der Waals surface area contributed by atoms with Crippen LogP contribution >= 0.6 is 0 Å². The molecule has 0 heterocycles. The largest absolute Gasteiger partial charge is 0.462 e. The van der Waals surface area contributed by atoms with E-state index in [-0.39, 0.29) is 31.1 Å². The van der Waals surface area contributed by atoms with Gasteiger partial charge < -0.3 is 14.2 Å². The summed E-state index contributed by atoms with van der Waals surface area (Å²) >= 11 is 0. The van der Waals surface area contributed by atoms with E-state index in [2.05, 4.69) is 57.2 Å². The van der Waals surface area contributed by atoms with Gasteiger partial charge in [-0.25, -0.2) is 0 Å². The Labute approximate surface area is 372 Å². The van der Waals surface area contributed by atoms with E-state index < -0.39 is 6.10 Å². The Morgan fingerprint density at radius 3 is 0.967 bits per heavy atom. The lowest BCUT2D eigenvalue weighted by molar-refractivity contribution is -0.167. The van der Waals surface area contributed by atoms with E-state index in [4.69, 9.17) is 14.2 Å². The molecular formula is C54H98O6. The fourth-order valence-corrected chi connectivity index (χ4v) is 7.41. The van der Waals surface area contributed by atoms with E-state index in [0.717, 1.165) is 83.5 Å². The fraction of sp³-hybridized carbons (Fsp3) is 0.833. The highest BCUT2D eigenvalue weighted by Gasteiger charge is 2.19. The Morgan fingerprint density at radius 2 is 0.600 bits per heavy atom. The Hall–Kier alpha value is -2.37. The summed E-state index contributed by atoms with van der Waals surface area (Å²) < 4.78 is 16.8. The first-order valence-corrected chi connectivity index (χ1v) is 26.0. The summed E-state index contributed by atoms with van der Waals surface area (Å²) in [6, 6.07) is 0. The predicted molar refractivity (Wildman–Crippen MR) is 256 cm³/mol. The minimum atomic E-state index is -0.778. The van der Waals surface area contributed by atoms with E-state index in [0.29, 0.717) is 19.3 Å². The SMILES string of the molecule is CCCCC/C=C\C/C=C\CCCCCCCC(=O)OCC(COC(=O)CCCCCCCCCCCCCCC)OC(=O)CCCCCCC/C=C\CCCCCCC. The molecule has 0 N–H and O–H groups in total. The van der Waals surface area contributed by atoms with Gasteiger partial charge in [0.1, 0.15) is 13.2 Å². The average molecular weight is 843 g/mol. The number of ether oxygens (including phenoxy) is 3. The summed E-state index contributed by atoms with van der Waals surface area (Å²) in [6.45, 7) is 6.60. The van der Waals surface area contributed by atoms with Crippen molar-refractivity contribution in [1.29, 1.82) is 0 Å². The van der Waals surface area contributed by atoms with E-state index in [1.807, 2.05) is 0 Å². The van der Waals surface area contributed by atoms with Crippen molar-refractivity contribution in [1.82, 2.24) is 0 Å². The van der Waals surface area contributed by atoms with Gasteiger partial charge in [0.15, 0.2) is 6.10 Å². The van der Waals surface area contributed by atoms with Crippen molar-refractivity contribution in [2.24, 2.45) is 0 Å². The summed E-state index contributed by atoms with van der Waals surface area (Å²) in [7, 11) is 0. The molecule has 0 amide bonds. The molecule has 0 rings (SSSR count). The molecule has 60 heavy (non-hydrogen) atoms. The highest BCUT2D eigenvalue weighted by Crippen LogP contribution is 2.15. The molecule has 0 aromatic rings. The Kier molecular flexibility index (Phi) is 47.3. The second-order valence-electron chi connectivity index (χ2n) is 17.4. The maximum atomic E-state index is 12.8. The molecule has 350 valence electrons. The summed E-state index contributed by atoms with van der Waals surface area (Å²) in [5, 5.41) is 0. The molecule has 0 radical (unpaired) electrons. The number of allylic oxidation sites excluding steroid dienone is 6. The maximum Gasteiger partial charge on any atom is 0.306 e. The van der Waals surface area contributed by atoms with Crippen LogP contribution < -0.4 is 0 Å². The molecule has 6 heteroatoms. The molecule has 0 aromatic carbocycles. The highest BCUT2D eigenvalue weighted by molar-refractivity contribution is 5.71. The molecule has 0 fully saturated rings. The number of hydrogen-bond acceptors (Lipinski definition) is 6. The van der Waals surface area contributed by atoms with Gasteiger partial charge in [-0.15, -0.1) is 0 Å².